The Morgan fingerprint density at radius 2 is 2.18 bits per heavy atom. The van der Waals surface area contributed by atoms with Crippen LogP contribution in [-0.2, 0) is 9.53 Å². The Kier molecular flexibility index (Phi) is 2.49. The molecule has 0 radical (unpaired) electrons. The summed E-state index contributed by atoms with van der Waals surface area (Å²) in [5, 5.41) is 0. The maximum Gasteiger partial charge on any atom is 0.219 e. The molecule has 0 bridgehead atoms. The number of nitrogens with zero attached hydrogens (tertiary/aromatic N) is 1. The van der Waals surface area contributed by atoms with Crippen molar-refractivity contribution in [3.05, 3.63) is 0 Å². The first-order valence-electron chi connectivity index (χ1n) is 3.93. The van der Waals surface area contributed by atoms with Crippen molar-refractivity contribution < 1.29 is 9.53 Å². The maximum absolute atomic E-state index is 10.9. The highest BCUT2D eigenvalue weighted by molar-refractivity contribution is 5.73. The molecular formula is C8H15NO2. The van der Waals surface area contributed by atoms with E-state index in [1.165, 1.54) is 0 Å². The molecule has 1 saturated heterocycles. The van der Waals surface area contributed by atoms with Crippen LogP contribution in [0.2, 0.25) is 0 Å². The van der Waals surface area contributed by atoms with Crippen molar-refractivity contribution in [3.63, 3.8) is 0 Å². The third kappa shape index (κ3) is 1.71. The van der Waals surface area contributed by atoms with Crippen LogP contribution in [0.5, 0.6) is 0 Å². The minimum atomic E-state index is 0.149. The minimum absolute atomic E-state index is 0.149. The number of carbonyl (C=O) groups excluding carboxylic acids is 1. The predicted octanol–water partition coefficient (Wildman–Crippen LogP) is 0.500. The van der Waals surface area contributed by atoms with E-state index in [0.717, 1.165) is 13.1 Å². The van der Waals surface area contributed by atoms with Crippen LogP contribution < -0.4 is 0 Å². The van der Waals surface area contributed by atoms with Gasteiger partial charge < -0.3 is 9.64 Å². The highest BCUT2D eigenvalue weighted by Gasteiger charge is 2.30. The third-order valence-electron chi connectivity index (χ3n) is 2.29. The molecule has 1 heterocycles. The zero-order valence-corrected chi connectivity index (χ0v) is 7.33. The van der Waals surface area contributed by atoms with Crippen LogP contribution in [0.3, 0.4) is 0 Å². The molecule has 0 N–H and O–H groups in total. The van der Waals surface area contributed by atoms with Crippen LogP contribution >= 0.6 is 0 Å². The summed E-state index contributed by atoms with van der Waals surface area (Å²) in [5.74, 6) is 0.625. The molecule has 1 aliphatic rings. The lowest BCUT2D eigenvalue weighted by Crippen LogP contribution is -2.27. The van der Waals surface area contributed by atoms with Gasteiger partial charge in [0, 0.05) is 33.0 Å². The molecule has 64 valence electrons. The van der Waals surface area contributed by atoms with Gasteiger partial charge in [-0.25, -0.2) is 0 Å². The molecule has 0 aliphatic carbocycles. The largest absolute Gasteiger partial charge is 0.379 e. The first-order chi connectivity index (χ1) is 5.15. The fourth-order valence-electron chi connectivity index (χ4n) is 1.50. The van der Waals surface area contributed by atoms with Crippen molar-refractivity contribution in [2.24, 2.45) is 5.92 Å². The Hall–Kier alpha value is -0.570. The molecule has 0 aromatic heterocycles. The molecule has 1 rings (SSSR count). The van der Waals surface area contributed by atoms with Gasteiger partial charge in [-0.1, -0.05) is 6.92 Å². The Morgan fingerprint density at radius 1 is 1.55 bits per heavy atom. The SMILES string of the molecule is CO[C@H]1CN(C(C)=O)CC1C. The van der Waals surface area contributed by atoms with Crippen molar-refractivity contribution in [2.45, 2.75) is 20.0 Å². The standard InChI is InChI=1S/C8H15NO2/c1-6-4-9(7(2)10)5-8(6)11-3/h6,8H,4-5H2,1-3H3/t6?,8-/m0/s1. The molecule has 3 heteroatoms. The highest BCUT2D eigenvalue weighted by atomic mass is 16.5. The molecule has 0 aromatic carbocycles. The summed E-state index contributed by atoms with van der Waals surface area (Å²) in [5.41, 5.74) is 0. The lowest BCUT2D eigenvalue weighted by molar-refractivity contribution is -0.128. The fourth-order valence-corrected chi connectivity index (χ4v) is 1.50. The van der Waals surface area contributed by atoms with E-state index < -0.39 is 0 Å². The number of hydrogen-bond donors (Lipinski definition) is 0. The van der Waals surface area contributed by atoms with Crippen LogP contribution in [0.1, 0.15) is 13.8 Å². The van der Waals surface area contributed by atoms with Crippen molar-refractivity contribution in [1.82, 2.24) is 4.90 Å². The number of likely N-dealkylation sites (tertiary alicyclic amines) is 1. The summed E-state index contributed by atoms with van der Waals surface area (Å²) in [6.45, 7) is 5.31. The average molecular weight is 157 g/mol. The Bertz CT molecular complexity index is 158. The number of methoxy groups -OCH3 is 1. The molecule has 0 spiro atoms. The second-order valence-electron chi connectivity index (χ2n) is 3.18. The normalized spacial score (nSPS) is 31.0. The first kappa shape index (κ1) is 8.53. The van der Waals surface area contributed by atoms with E-state index in [-0.39, 0.29) is 12.0 Å². The van der Waals surface area contributed by atoms with Crippen molar-refractivity contribution in [3.8, 4) is 0 Å². The van der Waals surface area contributed by atoms with Gasteiger partial charge in [-0.3, -0.25) is 4.79 Å². The lowest BCUT2D eigenvalue weighted by atomic mass is 10.1. The van der Waals surface area contributed by atoms with Gasteiger partial charge in [0.15, 0.2) is 0 Å². The van der Waals surface area contributed by atoms with Crippen LogP contribution in [0, 0.1) is 5.92 Å². The van der Waals surface area contributed by atoms with Crippen LogP contribution in [0.25, 0.3) is 0 Å². The van der Waals surface area contributed by atoms with Gasteiger partial charge in [-0.15, -0.1) is 0 Å². The average Bonchev–Trinajstić information content (AvgIpc) is 2.31. The Balaban J connectivity index is 2.49. The van der Waals surface area contributed by atoms with Crippen molar-refractivity contribution in [2.75, 3.05) is 20.2 Å². The number of carbonyl (C=O) groups is 1. The summed E-state index contributed by atoms with van der Waals surface area (Å²) in [6.07, 6.45) is 0.235. The Morgan fingerprint density at radius 3 is 2.45 bits per heavy atom. The van der Waals surface area contributed by atoms with Crippen molar-refractivity contribution in [1.29, 1.82) is 0 Å². The van der Waals surface area contributed by atoms with Gasteiger partial charge in [0.1, 0.15) is 0 Å². The quantitative estimate of drug-likeness (QED) is 0.554. The molecule has 1 unspecified atom stereocenters. The molecule has 11 heavy (non-hydrogen) atoms. The molecule has 1 fully saturated rings. The molecule has 1 amide bonds. The number of hydrogen-bond acceptors (Lipinski definition) is 2. The molecule has 1 aliphatic heterocycles. The minimum Gasteiger partial charge on any atom is -0.379 e. The summed E-state index contributed by atoms with van der Waals surface area (Å²) in [7, 11) is 1.70. The van der Waals surface area contributed by atoms with Crippen LogP contribution in [0.4, 0.5) is 0 Å². The van der Waals surface area contributed by atoms with E-state index in [9.17, 15) is 4.79 Å². The van der Waals surface area contributed by atoms with Gasteiger partial charge in [0.05, 0.1) is 6.10 Å². The third-order valence-corrected chi connectivity index (χ3v) is 2.29. The highest BCUT2D eigenvalue weighted by Crippen LogP contribution is 2.18. The summed E-state index contributed by atoms with van der Waals surface area (Å²) in [6, 6.07) is 0. The van der Waals surface area contributed by atoms with E-state index in [2.05, 4.69) is 6.92 Å². The zero-order chi connectivity index (χ0) is 8.43. The van der Waals surface area contributed by atoms with Crippen LogP contribution in [-0.4, -0.2) is 37.1 Å². The molecule has 0 saturated carbocycles. The predicted molar refractivity (Wildman–Crippen MR) is 42.2 cm³/mol. The Labute approximate surface area is 67.3 Å². The van der Waals surface area contributed by atoms with E-state index in [1.54, 1.807) is 14.0 Å². The summed E-state index contributed by atoms with van der Waals surface area (Å²) >= 11 is 0. The second-order valence-corrected chi connectivity index (χ2v) is 3.18. The number of amides is 1. The van der Waals surface area contributed by atoms with E-state index >= 15 is 0 Å². The van der Waals surface area contributed by atoms with Crippen LogP contribution in [0.15, 0.2) is 0 Å². The smallest absolute Gasteiger partial charge is 0.219 e. The molecule has 2 atom stereocenters. The summed E-state index contributed by atoms with van der Waals surface area (Å²) < 4.78 is 5.21. The summed E-state index contributed by atoms with van der Waals surface area (Å²) in [4.78, 5) is 12.8. The maximum atomic E-state index is 10.9. The molecule has 0 aromatic rings. The van der Waals surface area contributed by atoms with Gasteiger partial charge in [-0.05, 0) is 0 Å². The van der Waals surface area contributed by atoms with Gasteiger partial charge >= 0.3 is 0 Å². The van der Waals surface area contributed by atoms with E-state index in [4.69, 9.17) is 4.74 Å². The topological polar surface area (TPSA) is 29.5 Å². The first-order valence-corrected chi connectivity index (χ1v) is 3.93. The number of rotatable bonds is 1. The van der Waals surface area contributed by atoms with Gasteiger partial charge in [0.2, 0.25) is 5.91 Å². The molecular weight excluding hydrogens is 142 g/mol. The van der Waals surface area contributed by atoms with E-state index in [0.29, 0.717) is 5.92 Å². The second kappa shape index (κ2) is 3.22. The van der Waals surface area contributed by atoms with E-state index in [1.807, 2.05) is 4.90 Å². The van der Waals surface area contributed by atoms with Gasteiger partial charge in [-0.2, -0.15) is 0 Å². The lowest BCUT2D eigenvalue weighted by Gasteiger charge is -2.12. The fraction of sp³-hybridized carbons (Fsp3) is 0.875. The number of ether oxygens (including phenoxy) is 1. The van der Waals surface area contributed by atoms with Gasteiger partial charge in [0.25, 0.3) is 0 Å². The monoisotopic (exact) mass is 157 g/mol. The van der Waals surface area contributed by atoms with Crippen molar-refractivity contribution >= 4 is 5.91 Å². The zero-order valence-electron chi connectivity index (χ0n) is 7.33. The molecule has 3 nitrogen and oxygen atoms in total.